The predicted octanol–water partition coefficient (Wildman–Crippen LogP) is 4.97. The van der Waals surface area contributed by atoms with Crippen LogP contribution < -0.4 is 0 Å². The Bertz CT molecular complexity index is 1040. The second kappa shape index (κ2) is 11.2. The van der Waals surface area contributed by atoms with E-state index in [0.717, 1.165) is 40.9 Å². The SMILES string of the molecule is CCCn1cc(CC[C@@H](c2ccc(C)c(CO)c2)C(C)(C)C(=O)OCc2ccccc2)nn1. The smallest absolute Gasteiger partial charge is 0.312 e. The van der Waals surface area contributed by atoms with E-state index >= 15 is 0 Å². The fraction of sp³-hybridized carbons (Fsp3) is 0.444. The van der Waals surface area contributed by atoms with E-state index in [1.807, 2.05) is 74.1 Å². The molecular formula is C27H35N3O3. The molecule has 1 atom stereocenters. The summed E-state index contributed by atoms with van der Waals surface area (Å²) in [6.45, 7) is 9.03. The average molecular weight is 450 g/mol. The zero-order chi connectivity index (χ0) is 23.8. The number of aromatic nitrogens is 3. The van der Waals surface area contributed by atoms with E-state index in [9.17, 15) is 9.90 Å². The van der Waals surface area contributed by atoms with Crippen LogP contribution in [0.2, 0.25) is 0 Å². The molecule has 6 nitrogen and oxygen atoms in total. The topological polar surface area (TPSA) is 77.2 Å². The molecule has 1 heterocycles. The number of ether oxygens (including phenoxy) is 1. The Hall–Kier alpha value is -2.99. The van der Waals surface area contributed by atoms with Crippen LogP contribution in [0.5, 0.6) is 0 Å². The molecule has 1 N–H and O–H groups in total. The van der Waals surface area contributed by atoms with Gasteiger partial charge in [0, 0.05) is 12.7 Å². The normalized spacial score (nSPS) is 12.5. The molecule has 2 aromatic carbocycles. The standard InChI is InChI=1S/C27H35N3O3/c1-5-15-30-17-24(28-29-30)13-14-25(22-12-11-20(2)23(16-22)18-31)27(3,4)26(32)33-19-21-9-7-6-8-10-21/h6-12,16-17,25,31H,5,13-15,18-19H2,1-4H3/t25-/m0/s1. The van der Waals surface area contributed by atoms with E-state index in [1.165, 1.54) is 0 Å². The van der Waals surface area contributed by atoms with Gasteiger partial charge in [-0.3, -0.25) is 9.48 Å². The van der Waals surface area contributed by atoms with E-state index in [0.29, 0.717) is 12.8 Å². The molecular weight excluding hydrogens is 414 g/mol. The number of aliphatic hydroxyl groups excluding tert-OH is 1. The summed E-state index contributed by atoms with van der Waals surface area (Å²) in [6, 6.07) is 15.8. The van der Waals surface area contributed by atoms with Gasteiger partial charge in [-0.15, -0.1) is 5.10 Å². The second-order valence-corrected chi connectivity index (χ2v) is 9.19. The summed E-state index contributed by atoms with van der Waals surface area (Å²) in [5.74, 6) is -0.347. The van der Waals surface area contributed by atoms with E-state index in [4.69, 9.17) is 4.74 Å². The van der Waals surface area contributed by atoms with Crippen LogP contribution in [-0.2, 0) is 35.7 Å². The van der Waals surface area contributed by atoms with Gasteiger partial charge in [0.15, 0.2) is 0 Å². The van der Waals surface area contributed by atoms with Gasteiger partial charge < -0.3 is 9.84 Å². The molecule has 33 heavy (non-hydrogen) atoms. The zero-order valence-corrected chi connectivity index (χ0v) is 20.1. The number of nitrogens with zero attached hydrogens (tertiary/aromatic N) is 3. The van der Waals surface area contributed by atoms with Crippen molar-refractivity contribution in [2.45, 2.75) is 72.6 Å². The first kappa shape index (κ1) is 24.6. The van der Waals surface area contributed by atoms with Gasteiger partial charge in [-0.1, -0.05) is 60.7 Å². The highest BCUT2D eigenvalue weighted by Gasteiger charge is 2.39. The number of benzene rings is 2. The number of carbonyl (C=O) groups is 1. The van der Waals surface area contributed by atoms with Crippen LogP contribution in [0.25, 0.3) is 0 Å². The number of aliphatic hydroxyl groups is 1. The van der Waals surface area contributed by atoms with Crippen molar-refractivity contribution in [2.24, 2.45) is 5.41 Å². The third-order valence-corrected chi connectivity index (χ3v) is 6.28. The molecule has 0 amide bonds. The number of rotatable bonds is 11. The fourth-order valence-electron chi connectivity index (χ4n) is 4.16. The molecule has 0 bridgehead atoms. The van der Waals surface area contributed by atoms with E-state index < -0.39 is 5.41 Å². The van der Waals surface area contributed by atoms with Gasteiger partial charge in [0.25, 0.3) is 0 Å². The minimum atomic E-state index is -0.768. The number of hydrogen-bond acceptors (Lipinski definition) is 5. The quantitative estimate of drug-likeness (QED) is 0.418. The molecule has 0 unspecified atom stereocenters. The maximum Gasteiger partial charge on any atom is 0.312 e. The van der Waals surface area contributed by atoms with Gasteiger partial charge in [-0.05, 0) is 68.2 Å². The molecule has 0 aliphatic rings. The Balaban J connectivity index is 1.83. The number of carbonyl (C=O) groups excluding carboxylic acids is 1. The van der Waals surface area contributed by atoms with Gasteiger partial charge in [0.05, 0.1) is 17.7 Å². The Morgan fingerprint density at radius 3 is 2.64 bits per heavy atom. The number of hydrogen-bond donors (Lipinski definition) is 1. The summed E-state index contributed by atoms with van der Waals surface area (Å²) in [6.07, 6.45) is 4.40. The van der Waals surface area contributed by atoms with Crippen molar-refractivity contribution in [1.82, 2.24) is 15.0 Å². The van der Waals surface area contributed by atoms with Crippen LogP contribution in [0.1, 0.15) is 67.5 Å². The summed E-state index contributed by atoms with van der Waals surface area (Å²) < 4.78 is 7.60. The molecule has 3 rings (SSSR count). The van der Waals surface area contributed by atoms with Crippen molar-refractivity contribution in [1.29, 1.82) is 0 Å². The molecule has 3 aromatic rings. The highest BCUT2D eigenvalue weighted by molar-refractivity contribution is 5.77. The second-order valence-electron chi connectivity index (χ2n) is 9.19. The minimum absolute atomic E-state index is 0.0311. The molecule has 0 radical (unpaired) electrons. The highest BCUT2D eigenvalue weighted by atomic mass is 16.5. The first-order valence-electron chi connectivity index (χ1n) is 11.7. The average Bonchev–Trinajstić information content (AvgIpc) is 3.26. The van der Waals surface area contributed by atoms with E-state index in [-0.39, 0.29) is 25.1 Å². The molecule has 1 aromatic heterocycles. The van der Waals surface area contributed by atoms with Gasteiger partial charge in [-0.2, -0.15) is 0 Å². The maximum atomic E-state index is 13.3. The van der Waals surface area contributed by atoms with Crippen LogP contribution in [-0.4, -0.2) is 26.1 Å². The van der Waals surface area contributed by atoms with Crippen LogP contribution in [0.4, 0.5) is 0 Å². The highest BCUT2D eigenvalue weighted by Crippen LogP contribution is 2.41. The lowest BCUT2D eigenvalue weighted by molar-refractivity contribution is -0.156. The first-order valence-corrected chi connectivity index (χ1v) is 11.7. The van der Waals surface area contributed by atoms with Crippen molar-refractivity contribution in [3.63, 3.8) is 0 Å². The molecule has 6 heteroatoms. The fourth-order valence-corrected chi connectivity index (χ4v) is 4.16. The summed E-state index contributed by atoms with van der Waals surface area (Å²) in [4.78, 5) is 13.3. The van der Waals surface area contributed by atoms with Crippen LogP contribution in [0.15, 0.2) is 54.7 Å². The van der Waals surface area contributed by atoms with Crippen molar-refractivity contribution in [2.75, 3.05) is 0 Å². The summed E-state index contributed by atoms with van der Waals surface area (Å²) in [5.41, 5.74) is 4.04. The monoisotopic (exact) mass is 449 g/mol. The summed E-state index contributed by atoms with van der Waals surface area (Å²) in [5, 5.41) is 18.3. The molecule has 0 spiro atoms. The third-order valence-electron chi connectivity index (χ3n) is 6.28. The largest absolute Gasteiger partial charge is 0.460 e. The number of esters is 1. The van der Waals surface area contributed by atoms with E-state index in [2.05, 4.69) is 23.3 Å². The predicted molar refractivity (Wildman–Crippen MR) is 128 cm³/mol. The lowest BCUT2D eigenvalue weighted by atomic mass is 9.72. The Kier molecular flexibility index (Phi) is 8.39. The molecule has 176 valence electrons. The molecule has 0 saturated heterocycles. The zero-order valence-electron chi connectivity index (χ0n) is 20.1. The summed E-state index contributed by atoms with van der Waals surface area (Å²) in [7, 11) is 0. The minimum Gasteiger partial charge on any atom is -0.460 e. The van der Waals surface area contributed by atoms with Crippen LogP contribution in [0, 0.1) is 12.3 Å². The van der Waals surface area contributed by atoms with Crippen LogP contribution in [0.3, 0.4) is 0 Å². The van der Waals surface area contributed by atoms with Crippen molar-refractivity contribution in [3.05, 3.63) is 82.7 Å². The summed E-state index contributed by atoms with van der Waals surface area (Å²) >= 11 is 0. The van der Waals surface area contributed by atoms with Crippen molar-refractivity contribution in [3.8, 4) is 0 Å². The Morgan fingerprint density at radius 2 is 1.94 bits per heavy atom. The number of aryl methyl sites for hydroxylation is 3. The van der Waals surface area contributed by atoms with Gasteiger partial charge in [0.1, 0.15) is 6.61 Å². The lowest BCUT2D eigenvalue weighted by Gasteiger charge is -2.33. The first-order chi connectivity index (χ1) is 15.8. The van der Waals surface area contributed by atoms with Gasteiger partial charge in [-0.25, -0.2) is 0 Å². The Labute approximate surface area is 196 Å². The molecule has 0 fully saturated rings. The molecule has 0 aliphatic heterocycles. The van der Waals surface area contributed by atoms with Crippen molar-refractivity contribution >= 4 is 5.97 Å². The third kappa shape index (κ3) is 6.29. The molecule has 0 aliphatic carbocycles. The van der Waals surface area contributed by atoms with Crippen molar-refractivity contribution < 1.29 is 14.6 Å². The Morgan fingerprint density at radius 1 is 1.18 bits per heavy atom. The van der Waals surface area contributed by atoms with Crippen LogP contribution >= 0.6 is 0 Å². The maximum absolute atomic E-state index is 13.3. The van der Waals surface area contributed by atoms with Gasteiger partial charge in [0.2, 0.25) is 0 Å². The van der Waals surface area contributed by atoms with E-state index in [1.54, 1.807) is 0 Å². The lowest BCUT2D eigenvalue weighted by Crippen LogP contribution is -2.34. The molecule has 0 saturated carbocycles. The van der Waals surface area contributed by atoms with Gasteiger partial charge >= 0.3 is 5.97 Å².